The highest BCUT2D eigenvalue weighted by atomic mass is 19.1. The summed E-state index contributed by atoms with van der Waals surface area (Å²) in [4.78, 5) is 15.4. The zero-order valence-corrected chi connectivity index (χ0v) is 20.0. The molecule has 0 radical (unpaired) electrons. The van der Waals surface area contributed by atoms with Gasteiger partial charge in [0.15, 0.2) is 5.65 Å². The molecule has 1 saturated heterocycles. The van der Waals surface area contributed by atoms with Crippen LogP contribution in [0.5, 0.6) is 0 Å². The number of hydrogen-bond acceptors (Lipinski definition) is 6. The standard InChI is InChI=1S/C25H27FN6.CH2O2/c1-3-31-8-6-17(7-9-31)22-13-20-21(26)10-18(11-24(20)29-28-22)23-12-19(16-4-5-16)25-27-15(2)14-32(25)30-23;2-1-3/h10-14,16-17H,3-9H2,1-2H3;1H,(H,2,3). The first kappa shape index (κ1) is 23.3. The Morgan fingerprint density at radius 3 is 2.51 bits per heavy atom. The number of imidazole rings is 1. The van der Waals surface area contributed by atoms with E-state index in [4.69, 9.17) is 15.0 Å². The molecular formula is C26H29FN6O2. The molecule has 3 aromatic heterocycles. The predicted octanol–water partition coefficient (Wildman–Crippen LogP) is 4.56. The van der Waals surface area contributed by atoms with E-state index in [9.17, 15) is 0 Å². The van der Waals surface area contributed by atoms with Crippen molar-refractivity contribution in [3.63, 3.8) is 0 Å². The van der Waals surface area contributed by atoms with E-state index in [1.165, 1.54) is 18.4 Å². The molecule has 0 amide bonds. The molecule has 2 fully saturated rings. The molecule has 4 heterocycles. The van der Waals surface area contributed by atoms with E-state index in [1.807, 2.05) is 29.8 Å². The molecule has 1 saturated carbocycles. The Labute approximate surface area is 202 Å². The summed E-state index contributed by atoms with van der Waals surface area (Å²) in [5, 5.41) is 21.1. The van der Waals surface area contributed by atoms with E-state index < -0.39 is 0 Å². The third kappa shape index (κ3) is 4.73. The lowest BCUT2D eigenvalue weighted by Gasteiger charge is -2.30. The zero-order valence-electron chi connectivity index (χ0n) is 20.0. The second kappa shape index (κ2) is 9.65. The number of fused-ring (bicyclic) bond motifs is 2. The number of hydrogen-bond donors (Lipinski definition) is 1. The number of nitrogens with zero attached hydrogens (tertiary/aromatic N) is 6. The number of rotatable bonds is 4. The van der Waals surface area contributed by atoms with Crippen LogP contribution >= 0.6 is 0 Å². The number of halogens is 1. The van der Waals surface area contributed by atoms with Crippen molar-refractivity contribution in [2.75, 3.05) is 19.6 Å². The number of carboxylic acid groups (broad SMARTS) is 1. The van der Waals surface area contributed by atoms with Gasteiger partial charge in [-0.25, -0.2) is 13.9 Å². The lowest BCUT2D eigenvalue weighted by Crippen LogP contribution is -2.32. The van der Waals surface area contributed by atoms with Gasteiger partial charge < -0.3 is 10.0 Å². The second-order valence-electron chi connectivity index (χ2n) is 9.38. The van der Waals surface area contributed by atoms with Crippen molar-refractivity contribution in [1.29, 1.82) is 0 Å². The van der Waals surface area contributed by atoms with Gasteiger partial charge in [0.2, 0.25) is 0 Å². The number of aryl methyl sites for hydroxylation is 1. The summed E-state index contributed by atoms with van der Waals surface area (Å²) in [5.74, 6) is 0.604. The van der Waals surface area contributed by atoms with Crippen LogP contribution < -0.4 is 0 Å². The van der Waals surface area contributed by atoms with E-state index in [0.29, 0.717) is 22.7 Å². The number of aromatic nitrogens is 5. The molecule has 0 bridgehead atoms. The van der Waals surface area contributed by atoms with Crippen molar-refractivity contribution in [2.24, 2.45) is 0 Å². The van der Waals surface area contributed by atoms with Gasteiger partial charge in [0.25, 0.3) is 6.47 Å². The summed E-state index contributed by atoms with van der Waals surface area (Å²) >= 11 is 0. The summed E-state index contributed by atoms with van der Waals surface area (Å²) < 4.78 is 17.1. The van der Waals surface area contributed by atoms with Gasteiger partial charge in [0, 0.05) is 22.4 Å². The van der Waals surface area contributed by atoms with Gasteiger partial charge in [-0.2, -0.15) is 15.3 Å². The van der Waals surface area contributed by atoms with Crippen LogP contribution in [0.15, 0.2) is 30.5 Å². The highest BCUT2D eigenvalue weighted by Gasteiger charge is 2.28. The monoisotopic (exact) mass is 476 g/mol. The summed E-state index contributed by atoms with van der Waals surface area (Å²) in [5.41, 5.74) is 6.00. The molecular weight excluding hydrogens is 447 g/mol. The molecule has 2 aliphatic rings. The Kier molecular flexibility index (Phi) is 6.42. The summed E-state index contributed by atoms with van der Waals surface area (Å²) in [7, 11) is 0. The number of carbonyl (C=O) groups is 1. The van der Waals surface area contributed by atoms with Crippen molar-refractivity contribution in [3.8, 4) is 11.3 Å². The number of piperidine rings is 1. The molecule has 6 rings (SSSR count). The molecule has 0 atom stereocenters. The van der Waals surface area contributed by atoms with Crippen LogP contribution in [0.4, 0.5) is 4.39 Å². The van der Waals surface area contributed by atoms with Crippen LogP contribution in [0.3, 0.4) is 0 Å². The fourth-order valence-electron chi connectivity index (χ4n) is 4.96. The minimum atomic E-state index is -0.267. The fraction of sp³-hybridized carbons (Fsp3) is 0.423. The Morgan fingerprint density at radius 1 is 1.09 bits per heavy atom. The van der Waals surface area contributed by atoms with Crippen LogP contribution in [-0.2, 0) is 4.79 Å². The van der Waals surface area contributed by atoms with Crippen LogP contribution in [0.25, 0.3) is 27.8 Å². The number of likely N-dealkylation sites (tertiary alicyclic amines) is 1. The first-order valence-electron chi connectivity index (χ1n) is 12.1. The molecule has 1 N–H and O–H groups in total. The van der Waals surface area contributed by atoms with Crippen LogP contribution in [0, 0.1) is 12.7 Å². The Balaban J connectivity index is 0.000000806. The van der Waals surface area contributed by atoms with Gasteiger partial charge in [-0.05, 0) is 82.4 Å². The third-order valence-electron chi connectivity index (χ3n) is 7.01. The maximum absolute atomic E-state index is 15.3. The first-order valence-corrected chi connectivity index (χ1v) is 12.1. The van der Waals surface area contributed by atoms with Crippen LogP contribution in [-0.4, -0.2) is 60.9 Å². The molecule has 8 nitrogen and oxygen atoms in total. The van der Waals surface area contributed by atoms with Crippen molar-refractivity contribution >= 4 is 23.0 Å². The minimum Gasteiger partial charge on any atom is -0.483 e. The van der Waals surface area contributed by atoms with Crippen molar-refractivity contribution in [1.82, 2.24) is 29.7 Å². The maximum Gasteiger partial charge on any atom is 0.290 e. The van der Waals surface area contributed by atoms with E-state index in [-0.39, 0.29) is 12.3 Å². The molecule has 0 spiro atoms. The van der Waals surface area contributed by atoms with Crippen molar-refractivity contribution < 1.29 is 14.3 Å². The largest absolute Gasteiger partial charge is 0.483 e. The number of benzene rings is 1. The quantitative estimate of drug-likeness (QED) is 0.431. The average molecular weight is 477 g/mol. The smallest absolute Gasteiger partial charge is 0.290 e. The SMILES string of the molecule is CCN1CCC(c2cc3c(F)cc(-c4cc(C5CC5)c5nc(C)cn5n4)cc3nn2)CC1.O=CO. The van der Waals surface area contributed by atoms with Gasteiger partial charge in [-0.1, -0.05) is 6.92 Å². The van der Waals surface area contributed by atoms with Gasteiger partial charge in [-0.3, -0.25) is 4.79 Å². The average Bonchev–Trinajstić information content (AvgIpc) is 3.64. The van der Waals surface area contributed by atoms with E-state index in [2.05, 4.69) is 33.1 Å². The maximum atomic E-state index is 15.3. The topological polar surface area (TPSA) is 96.5 Å². The van der Waals surface area contributed by atoms with Crippen molar-refractivity contribution in [2.45, 2.75) is 51.4 Å². The van der Waals surface area contributed by atoms with E-state index in [0.717, 1.165) is 60.8 Å². The summed E-state index contributed by atoms with van der Waals surface area (Å²) in [6.45, 7) is 7.12. The summed E-state index contributed by atoms with van der Waals surface area (Å²) in [6.07, 6.45) is 6.36. The Hall–Kier alpha value is -3.46. The molecule has 1 aromatic carbocycles. The van der Waals surface area contributed by atoms with Gasteiger partial charge in [0.1, 0.15) is 5.82 Å². The van der Waals surface area contributed by atoms with Gasteiger partial charge in [-0.15, -0.1) is 0 Å². The Bertz CT molecular complexity index is 1380. The predicted molar refractivity (Wildman–Crippen MR) is 131 cm³/mol. The Morgan fingerprint density at radius 2 is 1.83 bits per heavy atom. The zero-order chi connectivity index (χ0) is 24.5. The van der Waals surface area contributed by atoms with Crippen molar-refractivity contribution in [3.05, 3.63) is 53.2 Å². The molecule has 35 heavy (non-hydrogen) atoms. The third-order valence-corrected chi connectivity index (χ3v) is 7.01. The lowest BCUT2D eigenvalue weighted by molar-refractivity contribution is -0.122. The van der Waals surface area contributed by atoms with Crippen LogP contribution in [0.1, 0.15) is 61.4 Å². The molecule has 9 heteroatoms. The fourth-order valence-corrected chi connectivity index (χ4v) is 4.96. The minimum absolute atomic E-state index is 0.250. The normalized spacial score (nSPS) is 16.9. The first-order chi connectivity index (χ1) is 17.0. The second-order valence-corrected chi connectivity index (χ2v) is 9.38. The van der Waals surface area contributed by atoms with E-state index in [1.54, 1.807) is 6.07 Å². The molecule has 4 aromatic rings. The molecule has 182 valence electrons. The lowest BCUT2D eigenvalue weighted by atomic mass is 9.92. The van der Waals surface area contributed by atoms with E-state index >= 15 is 4.39 Å². The van der Waals surface area contributed by atoms with Gasteiger partial charge in [0.05, 0.1) is 28.8 Å². The summed E-state index contributed by atoms with van der Waals surface area (Å²) in [6, 6.07) is 7.47. The molecule has 1 aliphatic carbocycles. The van der Waals surface area contributed by atoms with Crippen LogP contribution in [0.2, 0.25) is 0 Å². The highest BCUT2D eigenvalue weighted by molar-refractivity contribution is 5.84. The molecule has 0 unspecified atom stereocenters. The highest BCUT2D eigenvalue weighted by Crippen LogP contribution is 2.42. The molecule has 1 aliphatic heterocycles. The van der Waals surface area contributed by atoms with Gasteiger partial charge >= 0.3 is 0 Å².